The number of hydrogen-bond acceptors (Lipinski definition) is 3. The molecule has 0 saturated carbocycles. The van der Waals surface area contributed by atoms with Crippen molar-refractivity contribution in [2.45, 2.75) is 20.5 Å². The zero-order valence-electron chi connectivity index (χ0n) is 7.28. The fraction of sp³-hybridized carbons (Fsp3) is 0.500. The second kappa shape index (κ2) is 4.01. The van der Waals surface area contributed by atoms with E-state index in [4.69, 9.17) is 4.74 Å². The molecule has 0 bridgehead atoms. The standard InChI is InChI=1S/C8H12N2O2/c1-3-12-6-8-5-10(11)7(2)4-9-8/h4-5H,3,6H2,1-2H3. The molecule has 1 aromatic rings. The Balaban J connectivity index is 2.69. The van der Waals surface area contributed by atoms with Crippen LogP contribution in [0.3, 0.4) is 0 Å². The SMILES string of the molecule is CCOCc1c[n+]([O-])c(C)cn1. The second-order valence-electron chi connectivity index (χ2n) is 2.48. The van der Waals surface area contributed by atoms with Crippen LogP contribution in [0.15, 0.2) is 12.4 Å². The van der Waals surface area contributed by atoms with Crippen LogP contribution in [-0.4, -0.2) is 11.6 Å². The number of ether oxygens (including phenoxy) is 1. The number of aromatic nitrogens is 2. The van der Waals surface area contributed by atoms with Gasteiger partial charge in [0.1, 0.15) is 5.69 Å². The number of hydrogen-bond donors (Lipinski definition) is 0. The van der Waals surface area contributed by atoms with Gasteiger partial charge >= 0.3 is 0 Å². The topological polar surface area (TPSA) is 49.1 Å². The van der Waals surface area contributed by atoms with Crippen molar-refractivity contribution in [3.05, 3.63) is 29.0 Å². The van der Waals surface area contributed by atoms with E-state index in [1.54, 1.807) is 13.1 Å². The summed E-state index contributed by atoms with van der Waals surface area (Å²) >= 11 is 0. The average molecular weight is 168 g/mol. The van der Waals surface area contributed by atoms with E-state index in [1.165, 1.54) is 6.20 Å². The number of rotatable bonds is 3. The Labute approximate surface area is 71.4 Å². The molecular weight excluding hydrogens is 156 g/mol. The van der Waals surface area contributed by atoms with Crippen LogP contribution in [0.2, 0.25) is 0 Å². The Bertz CT molecular complexity index is 263. The smallest absolute Gasteiger partial charge is 0.207 e. The number of nitrogens with zero attached hydrogens (tertiary/aromatic N) is 2. The minimum Gasteiger partial charge on any atom is -0.618 e. The highest BCUT2D eigenvalue weighted by Crippen LogP contribution is 1.94. The molecule has 1 rings (SSSR count). The van der Waals surface area contributed by atoms with Crippen molar-refractivity contribution in [1.29, 1.82) is 0 Å². The molecule has 0 radical (unpaired) electrons. The van der Waals surface area contributed by atoms with Crippen molar-refractivity contribution in [3.8, 4) is 0 Å². The monoisotopic (exact) mass is 168 g/mol. The molecule has 0 N–H and O–H groups in total. The van der Waals surface area contributed by atoms with E-state index in [1.807, 2.05) is 6.92 Å². The first-order valence-electron chi connectivity index (χ1n) is 3.86. The van der Waals surface area contributed by atoms with E-state index in [-0.39, 0.29) is 0 Å². The molecule has 1 aromatic heterocycles. The van der Waals surface area contributed by atoms with Crippen molar-refractivity contribution in [2.24, 2.45) is 0 Å². The summed E-state index contributed by atoms with van der Waals surface area (Å²) < 4.78 is 5.89. The van der Waals surface area contributed by atoms with Crippen LogP contribution in [0.25, 0.3) is 0 Å². The van der Waals surface area contributed by atoms with Crippen molar-refractivity contribution >= 4 is 0 Å². The summed E-state index contributed by atoms with van der Waals surface area (Å²) in [7, 11) is 0. The summed E-state index contributed by atoms with van der Waals surface area (Å²) in [5, 5.41) is 11.0. The maximum absolute atomic E-state index is 11.0. The molecule has 4 nitrogen and oxygen atoms in total. The molecule has 12 heavy (non-hydrogen) atoms. The van der Waals surface area contributed by atoms with E-state index >= 15 is 0 Å². The van der Waals surface area contributed by atoms with E-state index in [0.29, 0.717) is 24.6 Å². The molecule has 4 heteroatoms. The molecule has 0 saturated heterocycles. The molecule has 66 valence electrons. The normalized spacial score (nSPS) is 10.2. The van der Waals surface area contributed by atoms with E-state index in [2.05, 4.69) is 4.98 Å². The zero-order chi connectivity index (χ0) is 8.97. The van der Waals surface area contributed by atoms with Gasteiger partial charge in [0.15, 0.2) is 0 Å². The highest BCUT2D eigenvalue weighted by atomic mass is 16.5. The van der Waals surface area contributed by atoms with Crippen molar-refractivity contribution < 1.29 is 9.47 Å². The third kappa shape index (κ3) is 2.17. The Morgan fingerprint density at radius 1 is 1.67 bits per heavy atom. The van der Waals surface area contributed by atoms with Gasteiger partial charge in [0.25, 0.3) is 0 Å². The summed E-state index contributed by atoms with van der Waals surface area (Å²) in [4.78, 5) is 4.03. The third-order valence-corrected chi connectivity index (χ3v) is 1.49. The molecule has 0 atom stereocenters. The van der Waals surface area contributed by atoms with Crippen LogP contribution in [0.4, 0.5) is 0 Å². The highest BCUT2D eigenvalue weighted by molar-refractivity contribution is 4.92. The average Bonchev–Trinajstić information content (AvgIpc) is 2.07. The van der Waals surface area contributed by atoms with Crippen LogP contribution >= 0.6 is 0 Å². The van der Waals surface area contributed by atoms with E-state index in [9.17, 15) is 5.21 Å². The maximum atomic E-state index is 11.0. The van der Waals surface area contributed by atoms with Crippen LogP contribution in [0.5, 0.6) is 0 Å². The molecule has 0 amide bonds. The van der Waals surface area contributed by atoms with Crippen LogP contribution < -0.4 is 4.73 Å². The van der Waals surface area contributed by atoms with Gasteiger partial charge in [-0.2, -0.15) is 4.73 Å². The molecule has 0 aliphatic carbocycles. The first-order valence-corrected chi connectivity index (χ1v) is 3.86. The number of aryl methyl sites for hydroxylation is 1. The summed E-state index contributed by atoms with van der Waals surface area (Å²) in [6.45, 7) is 4.65. The molecule has 0 aliphatic rings. The van der Waals surface area contributed by atoms with E-state index < -0.39 is 0 Å². The van der Waals surface area contributed by atoms with Gasteiger partial charge in [0.05, 0.1) is 12.8 Å². The molecule has 0 spiro atoms. The fourth-order valence-electron chi connectivity index (χ4n) is 0.785. The summed E-state index contributed by atoms with van der Waals surface area (Å²) in [6, 6.07) is 0. The Morgan fingerprint density at radius 2 is 2.42 bits per heavy atom. The lowest BCUT2D eigenvalue weighted by Gasteiger charge is -2.02. The molecule has 0 aliphatic heterocycles. The van der Waals surface area contributed by atoms with Crippen LogP contribution in [0.1, 0.15) is 18.3 Å². The zero-order valence-corrected chi connectivity index (χ0v) is 7.28. The van der Waals surface area contributed by atoms with Crippen LogP contribution in [0, 0.1) is 12.1 Å². The minimum atomic E-state index is 0.402. The quantitative estimate of drug-likeness (QED) is 0.489. The van der Waals surface area contributed by atoms with Gasteiger partial charge in [0.2, 0.25) is 11.9 Å². The first kappa shape index (κ1) is 8.93. The predicted octanol–water partition coefficient (Wildman–Crippen LogP) is 0.560. The molecule has 0 fully saturated rings. The van der Waals surface area contributed by atoms with Gasteiger partial charge in [-0.05, 0) is 6.92 Å². The van der Waals surface area contributed by atoms with E-state index in [0.717, 1.165) is 4.73 Å². The lowest BCUT2D eigenvalue weighted by Crippen LogP contribution is -2.30. The summed E-state index contributed by atoms with van der Waals surface area (Å²) in [6.07, 6.45) is 2.98. The lowest BCUT2D eigenvalue weighted by atomic mass is 10.4. The first-order chi connectivity index (χ1) is 5.74. The van der Waals surface area contributed by atoms with Crippen molar-refractivity contribution in [2.75, 3.05) is 6.61 Å². The summed E-state index contributed by atoms with van der Waals surface area (Å²) in [5.41, 5.74) is 1.26. The minimum absolute atomic E-state index is 0.402. The fourth-order valence-corrected chi connectivity index (χ4v) is 0.785. The predicted molar refractivity (Wildman–Crippen MR) is 43.3 cm³/mol. The largest absolute Gasteiger partial charge is 0.618 e. The highest BCUT2D eigenvalue weighted by Gasteiger charge is 2.02. The van der Waals surface area contributed by atoms with Gasteiger partial charge < -0.3 is 9.94 Å². The molecule has 1 heterocycles. The second-order valence-corrected chi connectivity index (χ2v) is 2.48. The van der Waals surface area contributed by atoms with Gasteiger partial charge in [-0.15, -0.1) is 0 Å². The van der Waals surface area contributed by atoms with Gasteiger partial charge in [-0.25, -0.2) is 4.98 Å². The molecule has 0 unspecified atom stereocenters. The molecule has 0 aromatic carbocycles. The van der Waals surface area contributed by atoms with Crippen LogP contribution in [-0.2, 0) is 11.3 Å². The van der Waals surface area contributed by atoms with Crippen molar-refractivity contribution in [3.63, 3.8) is 0 Å². The van der Waals surface area contributed by atoms with Crippen molar-refractivity contribution in [1.82, 2.24) is 4.98 Å². The summed E-state index contributed by atoms with van der Waals surface area (Å²) in [5.74, 6) is 0. The third-order valence-electron chi connectivity index (χ3n) is 1.49. The lowest BCUT2D eigenvalue weighted by molar-refractivity contribution is -0.613. The van der Waals surface area contributed by atoms with Gasteiger partial charge in [-0.1, -0.05) is 0 Å². The maximum Gasteiger partial charge on any atom is 0.207 e. The Morgan fingerprint density at radius 3 is 3.00 bits per heavy atom. The Hall–Kier alpha value is -1.16. The van der Waals surface area contributed by atoms with Gasteiger partial charge in [-0.3, -0.25) is 0 Å². The molecular formula is C8H12N2O2. The Kier molecular flexibility index (Phi) is 2.99. The van der Waals surface area contributed by atoms with Gasteiger partial charge in [0, 0.05) is 13.5 Å².